The number of carbonyl (C=O) groups excluding carboxylic acids is 1. The molecule has 0 radical (unpaired) electrons. The van der Waals surface area contributed by atoms with E-state index >= 15 is 0 Å². The van der Waals surface area contributed by atoms with Gasteiger partial charge in [-0.15, -0.1) is 0 Å². The lowest BCUT2D eigenvalue weighted by atomic mass is 10.2. The van der Waals surface area contributed by atoms with Gasteiger partial charge < -0.3 is 20.1 Å². The van der Waals surface area contributed by atoms with E-state index in [4.69, 9.17) is 0 Å². The van der Waals surface area contributed by atoms with Gasteiger partial charge in [-0.1, -0.05) is 25.1 Å². The fourth-order valence-electron chi connectivity index (χ4n) is 4.37. The number of amides is 1. The van der Waals surface area contributed by atoms with Crippen molar-refractivity contribution < 1.29 is 4.79 Å². The number of H-pyrrole nitrogens is 1. The van der Waals surface area contributed by atoms with E-state index in [2.05, 4.69) is 49.2 Å². The molecule has 2 N–H and O–H groups in total. The minimum absolute atomic E-state index is 0.131. The number of aromatic nitrogens is 4. The van der Waals surface area contributed by atoms with Gasteiger partial charge in [0.05, 0.1) is 11.9 Å². The number of aromatic amines is 1. The van der Waals surface area contributed by atoms with E-state index in [1.807, 2.05) is 42.5 Å². The van der Waals surface area contributed by atoms with Gasteiger partial charge in [0.2, 0.25) is 5.91 Å². The van der Waals surface area contributed by atoms with Crippen LogP contribution in [-0.2, 0) is 11.2 Å². The van der Waals surface area contributed by atoms with Crippen LogP contribution in [0.1, 0.15) is 19.2 Å². The Bertz CT molecular complexity index is 1350. The van der Waals surface area contributed by atoms with Crippen LogP contribution in [0, 0.1) is 0 Å². The molecule has 1 amide bonds. The Hall–Kier alpha value is -3.98. The lowest BCUT2D eigenvalue weighted by molar-refractivity contribution is -0.116. The van der Waals surface area contributed by atoms with Gasteiger partial charge in [-0.2, -0.15) is 5.10 Å². The number of nitrogens with one attached hydrogen (secondary N) is 2. The topological polar surface area (TPSA) is 99.1 Å². The molecular weight excluding hydrogens is 442 g/mol. The Morgan fingerprint density at radius 1 is 1.00 bits per heavy atom. The summed E-state index contributed by atoms with van der Waals surface area (Å²) in [4.78, 5) is 37.3. The monoisotopic (exact) mass is 471 g/mol. The fourth-order valence-corrected chi connectivity index (χ4v) is 4.37. The second-order valence-corrected chi connectivity index (χ2v) is 8.66. The van der Waals surface area contributed by atoms with Crippen molar-refractivity contribution in [3.8, 4) is 5.69 Å². The standard InChI is InChI=1S/C26H29N7O2/c1-2-31-14-16-32(17-15-31)20-10-8-19(9-11-20)28-24(34)13-12-23-29-25-22(26(35)30-23)18-27-33(25)21-6-4-3-5-7-21/h3-11,18H,2,12-17H2,1H3,(H,28,34)(H,29,30,35). The largest absolute Gasteiger partial charge is 0.369 e. The Labute approximate surface area is 203 Å². The summed E-state index contributed by atoms with van der Waals surface area (Å²) in [5, 5.41) is 7.67. The molecule has 9 nitrogen and oxygen atoms in total. The molecule has 180 valence electrons. The molecular formula is C26H29N7O2. The number of aryl methyl sites for hydroxylation is 1. The summed E-state index contributed by atoms with van der Waals surface area (Å²) >= 11 is 0. The lowest BCUT2D eigenvalue weighted by Crippen LogP contribution is -2.46. The number of nitrogens with zero attached hydrogens (tertiary/aromatic N) is 5. The number of rotatable bonds is 7. The number of anilines is 2. The third-order valence-electron chi connectivity index (χ3n) is 6.41. The number of hydrogen-bond acceptors (Lipinski definition) is 6. The molecule has 0 aliphatic carbocycles. The van der Waals surface area contributed by atoms with Crippen molar-refractivity contribution in [2.45, 2.75) is 19.8 Å². The van der Waals surface area contributed by atoms with Crippen LogP contribution in [0.3, 0.4) is 0 Å². The van der Waals surface area contributed by atoms with Crippen LogP contribution < -0.4 is 15.8 Å². The highest BCUT2D eigenvalue weighted by atomic mass is 16.1. The van der Waals surface area contributed by atoms with Crippen LogP contribution in [0.2, 0.25) is 0 Å². The average molecular weight is 472 g/mol. The maximum absolute atomic E-state index is 12.6. The summed E-state index contributed by atoms with van der Waals surface area (Å²) in [6.45, 7) is 7.45. The van der Waals surface area contributed by atoms with Crippen LogP contribution in [0.15, 0.2) is 65.6 Å². The highest BCUT2D eigenvalue weighted by Gasteiger charge is 2.16. The van der Waals surface area contributed by atoms with Gasteiger partial charge in [-0.3, -0.25) is 9.59 Å². The van der Waals surface area contributed by atoms with E-state index in [9.17, 15) is 9.59 Å². The molecule has 1 aliphatic heterocycles. The summed E-state index contributed by atoms with van der Waals surface area (Å²) in [6.07, 6.45) is 2.03. The molecule has 2 aromatic carbocycles. The van der Waals surface area contributed by atoms with Gasteiger partial charge in [-0.25, -0.2) is 9.67 Å². The third-order valence-corrected chi connectivity index (χ3v) is 6.41. The van der Waals surface area contributed by atoms with E-state index in [0.29, 0.717) is 23.3 Å². The smallest absolute Gasteiger partial charge is 0.262 e. The molecule has 4 aromatic rings. The first-order chi connectivity index (χ1) is 17.1. The molecule has 1 aliphatic rings. The Balaban J connectivity index is 1.21. The molecule has 35 heavy (non-hydrogen) atoms. The van der Waals surface area contributed by atoms with E-state index in [0.717, 1.165) is 44.1 Å². The van der Waals surface area contributed by atoms with Crippen LogP contribution in [-0.4, -0.2) is 63.3 Å². The number of carbonyl (C=O) groups is 1. The maximum Gasteiger partial charge on any atom is 0.262 e. The zero-order valence-electron chi connectivity index (χ0n) is 19.8. The molecule has 0 atom stereocenters. The average Bonchev–Trinajstić information content (AvgIpc) is 3.33. The number of hydrogen-bond donors (Lipinski definition) is 2. The minimum atomic E-state index is -0.261. The molecule has 1 fully saturated rings. The summed E-state index contributed by atoms with van der Waals surface area (Å²) in [6, 6.07) is 17.5. The molecule has 1 saturated heterocycles. The van der Waals surface area contributed by atoms with Gasteiger partial charge in [0.1, 0.15) is 11.2 Å². The zero-order chi connectivity index (χ0) is 24.2. The van der Waals surface area contributed by atoms with Crippen molar-refractivity contribution in [3.05, 3.63) is 77.0 Å². The molecule has 0 bridgehead atoms. The highest BCUT2D eigenvalue weighted by molar-refractivity contribution is 5.91. The predicted molar refractivity (Wildman–Crippen MR) is 137 cm³/mol. The molecule has 9 heteroatoms. The van der Waals surface area contributed by atoms with Gasteiger partial charge in [-0.05, 0) is 42.9 Å². The van der Waals surface area contributed by atoms with Crippen LogP contribution in [0.5, 0.6) is 0 Å². The lowest BCUT2D eigenvalue weighted by Gasteiger charge is -2.35. The van der Waals surface area contributed by atoms with E-state index in [1.54, 1.807) is 4.68 Å². The van der Waals surface area contributed by atoms with Crippen LogP contribution >= 0.6 is 0 Å². The first-order valence-corrected chi connectivity index (χ1v) is 12.0. The van der Waals surface area contributed by atoms with Crippen molar-refractivity contribution in [2.75, 3.05) is 42.9 Å². The molecule has 5 rings (SSSR count). The number of para-hydroxylation sites is 1. The van der Waals surface area contributed by atoms with E-state index < -0.39 is 0 Å². The van der Waals surface area contributed by atoms with Gasteiger partial charge in [0.25, 0.3) is 5.56 Å². The van der Waals surface area contributed by atoms with Crippen molar-refractivity contribution in [3.63, 3.8) is 0 Å². The molecule has 2 aromatic heterocycles. The summed E-state index contributed by atoms with van der Waals surface area (Å²) < 4.78 is 1.64. The van der Waals surface area contributed by atoms with Gasteiger partial charge in [0, 0.05) is 50.4 Å². The SMILES string of the molecule is CCN1CCN(c2ccc(NC(=O)CCc3nc4c(cnn4-c4ccccc4)c(=O)[nH]3)cc2)CC1. The second-order valence-electron chi connectivity index (χ2n) is 8.66. The fraction of sp³-hybridized carbons (Fsp3) is 0.308. The maximum atomic E-state index is 12.6. The number of piperazine rings is 1. The highest BCUT2D eigenvalue weighted by Crippen LogP contribution is 2.20. The van der Waals surface area contributed by atoms with Gasteiger partial charge >= 0.3 is 0 Å². The third kappa shape index (κ3) is 5.09. The number of fused-ring (bicyclic) bond motifs is 1. The zero-order valence-corrected chi connectivity index (χ0v) is 19.8. The molecule has 0 saturated carbocycles. The van der Waals surface area contributed by atoms with Crippen LogP contribution in [0.25, 0.3) is 16.7 Å². The number of benzene rings is 2. The predicted octanol–water partition coefficient (Wildman–Crippen LogP) is 2.82. The normalized spacial score (nSPS) is 14.4. The molecule has 3 heterocycles. The summed E-state index contributed by atoms with van der Waals surface area (Å²) in [7, 11) is 0. The first-order valence-electron chi connectivity index (χ1n) is 12.0. The molecule has 0 unspecified atom stereocenters. The summed E-state index contributed by atoms with van der Waals surface area (Å²) in [5.41, 5.74) is 2.96. The second kappa shape index (κ2) is 10.1. The Morgan fingerprint density at radius 3 is 2.46 bits per heavy atom. The van der Waals surface area contributed by atoms with Crippen molar-refractivity contribution in [1.29, 1.82) is 0 Å². The minimum Gasteiger partial charge on any atom is -0.369 e. The Kier molecular flexibility index (Phi) is 6.58. The molecule has 0 spiro atoms. The quantitative estimate of drug-likeness (QED) is 0.430. The van der Waals surface area contributed by atoms with Crippen molar-refractivity contribution in [2.24, 2.45) is 0 Å². The first kappa shape index (κ1) is 22.8. The van der Waals surface area contributed by atoms with Gasteiger partial charge in [0.15, 0.2) is 5.65 Å². The summed E-state index contributed by atoms with van der Waals surface area (Å²) in [5.74, 6) is 0.325. The Morgan fingerprint density at radius 2 is 1.74 bits per heavy atom. The van der Waals surface area contributed by atoms with Crippen molar-refractivity contribution >= 4 is 28.3 Å². The van der Waals surface area contributed by atoms with Crippen molar-refractivity contribution in [1.82, 2.24) is 24.6 Å². The van der Waals surface area contributed by atoms with E-state index in [-0.39, 0.29) is 17.9 Å². The van der Waals surface area contributed by atoms with E-state index in [1.165, 1.54) is 11.9 Å². The van der Waals surface area contributed by atoms with Crippen LogP contribution in [0.4, 0.5) is 11.4 Å². The number of likely N-dealkylation sites (N-methyl/N-ethyl adjacent to an activating group) is 1.